The van der Waals surface area contributed by atoms with Gasteiger partial charge in [0.25, 0.3) is 0 Å². The fraction of sp³-hybridized carbons (Fsp3) is 0.438. The summed E-state index contributed by atoms with van der Waals surface area (Å²) in [5.41, 5.74) is 1.89. The number of imidazole rings is 1. The van der Waals surface area contributed by atoms with Gasteiger partial charge < -0.3 is 10.1 Å². The lowest BCUT2D eigenvalue weighted by Crippen LogP contribution is -2.36. The van der Waals surface area contributed by atoms with E-state index in [2.05, 4.69) is 20.5 Å². The maximum absolute atomic E-state index is 12.3. The van der Waals surface area contributed by atoms with E-state index in [9.17, 15) is 4.79 Å². The van der Waals surface area contributed by atoms with Crippen LogP contribution in [0.3, 0.4) is 0 Å². The number of thioether (sulfide) groups is 1. The van der Waals surface area contributed by atoms with Gasteiger partial charge in [-0.3, -0.25) is 9.20 Å². The molecule has 1 amide bonds. The van der Waals surface area contributed by atoms with Crippen molar-refractivity contribution < 1.29 is 9.53 Å². The van der Waals surface area contributed by atoms with Gasteiger partial charge in [0, 0.05) is 13.2 Å². The van der Waals surface area contributed by atoms with Crippen molar-refractivity contribution in [1.82, 2.24) is 24.9 Å². The second kappa shape index (κ2) is 6.45. The summed E-state index contributed by atoms with van der Waals surface area (Å²) in [6.45, 7) is 3.26. The Kier molecular flexibility index (Phi) is 4.15. The minimum Gasteiger partial charge on any atom is -0.376 e. The molecule has 1 aromatic carbocycles. The van der Waals surface area contributed by atoms with Crippen LogP contribution in [-0.4, -0.2) is 50.0 Å². The van der Waals surface area contributed by atoms with Crippen LogP contribution in [0.2, 0.25) is 0 Å². The van der Waals surface area contributed by atoms with Gasteiger partial charge in [-0.1, -0.05) is 23.9 Å². The molecule has 1 aliphatic rings. The Balaban J connectivity index is 1.47. The molecular formula is C16H19N5O2S. The highest BCUT2D eigenvalue weighted by Gasteiger charge is 2.21. The van der Waals surface area contributed by atoms with E-state index in [0.717, 1.165) is 35.6 Å². The van der Waals surface area contributed by atoms with Crippen LogP contribution in [0, 0.1) is 0 Å². The van der Waals surface area contributed by atoms with Gasteiger partial charge in [0.1, 0.15) is 0 Å². The minimum absolute atomic E-state index is 0.00364. The van der Waals surface area contributed by atoms with Crippen LogP contribution in [0.5, 0.6) is 0 Å². The molecule has 0 aliphatic carbocycles. The summed E-state index contributed by atoms with van der Waals surface area (Å²) < 4.78 is 7.48. The number of benzene rings is 1. The van der Waals surface area contributed by atoms with E-state index in [-0.39, 0.29) is 17.3 Å². The summed E-state index contributed by atoms with van der Waals surface area (Å²) in [5.74, 6) is 0.682. The van der Waals surface area contributed by atoms with E-state index >= 15 is 0 Å². The van der Waals surface area contributed by atoms with Crippen LogP contribution in [-0.2, 0) is 9.53 Å². The molecule has 1 aliphatic heterocycles. The Morgan fingerprint density at radius 2 is 2.42 bits per heavy atom. The van der Waals surface area contributed by atoms with Crippen LogP contribution in [0.15, 0.2) is 29.4 Å². The molecule has 0 radical (unpaired) electrons. The molecule has 3 heterocycles. The number of hydrogen-bond acceptors (Lipinski definition) is 5. The Bertz CT molecular complexity index is 868. The summed E-state index contributed by atoms with van der Waals surface area (Å²) in [5, 5.41) is 10.7. The molecule has 0 saturated carbocycles. The van der Waals surface area contributed by atoms with Gasteiger partial charge in [-0.25, -0.2) is 10.1 Å². The fourth-order valence-corrected chi connectivity index (χ4v) is 3.79. The molecule has 2 unspecified atom stereocenters. The lowest BCUT2D eigenvalue weighted by Gasteiger charge is -2.14. The molecule has 126 valence electrons. The number of nitrogens with zero attached hydrogens (tertiary/aromatic N) is 3. The fourth-order valence-electron chi connectivity index (χ4n) is 2.90. The summed E-state index contributed by atoms with van der Waals surface area (Å²) >= 11 is 1.42. The number of rotatable bonds is 5. The summed E-state index contributed by atoms with van der Waals surface area (Å²) in [6, 6.07) is 7.88. The van der Waals surface area contributed by atoms with E-state index in [1.807, 2.05) is 35.6 Å². The molecular weight excluding hydrogens is 326 g/mol. The highest BCUT2D eigenvalue weighted by molar-refractivity contribution is 8.00. The lowest BCUT2D eigenvalue weighted by atomic mass is 10.2. The number of H-pyrrole nitrogens is 1. The summed E-state index contributed by atoms with van der Waals surface area (Å²) in [7, 11) is 0. The van der Waals surface area contributed by atoms with Crippen LogP contribution in [0.25, 0.3) is 16.8 Å². The van der Waals surface area contributed by atoms with Crippen LogP contribution in [0.4, 0.5) is 0 Å². The number of aromatic amines is 1. The predicted molar refractivity (Wildman–Crippen MR) is 92.1 cm³/mol. The molecule has 7 nitrogen and oxygen atoms in total. The molecule has 3 aromatic rings. The zero-order chi connectivity index (χ0) is 16.5. The average Bonchev–Trinajstić information content (AvgIpc) is 3.30. The van der Waals surface area contributed by atoms with Gasteiger partial charge in [0.15, 0.2) is 5.16 Å². The van der Waals surface area contributed by atoms with Gasteiger partial charge in [-0.05, 0) is 31.9 Å². The first-order valence-corrected chi connectivity index (χ1v) is 8.98. The largest absolute Gasteiger partial charge is 0.376 e. The Morgan fingerprint density at radius 3 is 3.25 bits per heavy atom. The first-order valence-electron chi connectivity index (χ1n) is 8.10. The highest BCUT2D eigenvalue weighted by atomic mass is 32.2. The Hall–Kier alpha value is -2.06. The molecule has 8 heteroatoms. The summed E-state index contributed by atoms with van der Waals surface area (Å²) in [4.78, 5) is 16.8. The normalized spacial score (nSPS) is 19.1. The second-order valence-electron chi connectivity index (χ2n) is 5.91. The van der Waals surface area contributed by atoms with Crippen LogP contribution >= 0.6 is 11.8 Å². The van der Waals surface area contributed by atoms with Crippen molar-refractivity contribution in [1.29, 1.82) is 0 Å². The van der Waals surface area contributed by atoms with Crippen molar-refractivity contribution in [2.24, 2.45) is 0 Å². The predicted octanol–water partition coefficient (Wildman–Crippen LogP) is 1.99. The molecule has 2 N–H and O–H groups in total. The number of ether oxygens (including phenoxy) is 1. The SMILES string of the molecule is CC(Sc1n[nH]c2nc3ccccc3n12)C(=O)NCC1CCCO1. The van der Waals surface area contributed by atoms with Crippen molar-refractivity contribution in [3.63, 3.8) is 0 Å². The monoisotopic (exact) mass is 345 g/mol. The molecule has 2 atom stereocenters. The number of carbonyl (C=O) groups is 1. The maximum atomic E-state index is 12.3. The zero-order valence-corrected chi connectivity index (χ0v) is 14.2. The van der Waals surface area contributed by atoms with Gasteiger partial charge in [-0.15, -0.1) is 5.10 Å². The van der Waals surface area contributed by atoms with Crippen molar-refractivity contribution in [3.8, 4) is 0 Å². The first kappa shape index (κ1) is 15.5. The zero-order valence-electron chi connectivity index (χ0n) is 13.4. The number of hydrogen-bond donors (Lipinski definition) is 2. The number of fused-ring (bicyclic) bond motifs is 3. The molecule has 1 saturated heterocycles. The second-order valence-corrected chi connectivity index (χ2v) is 7.21. The van der Waals surface area contributed by atoms with Gasteiger partial charge in [0.05, 0.1) is 22.4 Å². The number of para-hydroxylation sites is 2. The van der Waals surface area contributed by atoms with Crippen molar-refractivity contribution >= 4 is 34.5 Å². The third kappa shape index (κ3) is 2.87. The smallest absolute Gasteiger partial charge is 0.233 e. The van der Waals surface area contributed by atoms with Gasteiger partial charge in [0.2, 0.25) is 11.7 Å². The van der Waals surface area contributed by atoms with E-state index in [0.29, 0.717) is 12.3 Å². The number of aromatic nitrogens is 4. The van der Waals surface area contributed by atoms with Crippen molar-refractivity contribution in [3.05, 3.63) is 24.3 Å². The molecule has 4 rings (SSSR count). The molecule has 1 fully saturated rings. The highest BCUT2D eigenvalue weighted by Crippen LogP contribution is 2.26. The lowest BCUT2D eigenvalue weighted by molar-refractivity contribution is -0.120. The standard InChI is InChI=1S/C16H19N5O2S/c1-10(14(22)17-9-11-5-4-8-23-11)24-16-20-19-15-18-12-6-2-3-7-13(12)21(15)16/h2-3,6-7,10-11H,4-5,8-9H2,1H3,(H,17,22)(H,18,19). The van der Waals surface area contributed by atoms with E-state index in [1.165, 1.54) is 11.8 Å². The Labute approximate surface area is 143 Å². The number of carbonyl (C=O) groups excluding carboxylic acids is 1. The average molecular weight is 345 g/mol. The quantitative estimate of drug-likeness (QED) is 0.691. The van der Waals surface area contributed by atoms with E-state index in [1.54, 1.807) is 0 Å². The van der Waals surface area contributed by atoms with E-state index in [4.69, 9.17) is 4.74 Å². The number of amides is 1. The maximum Gasteiger partial charge on any atom is 0.233 e. The molecule has 2 aromatic heterocycles. The third-order valence-electron chi connectivity index (χ3n) is 4.18. The minimum atomic E-state index is -0.251. The summed E-state index contributed by atoms with van der Waals surface area (Å²) in [6.07, 6.45) is 2.24. The first-order chi connectivity index (χ1) is 11.7. The third-order valence-corrected chi connectivity index (χ3v) is 5.24. The van der Waals surface area contributed by atoms with Crippen LogP contribution in [0.1, 0.15) is 19.8 Å². The van der Waals surface area contributed by atoms with Crippen LogP contribution < -0.4 is 5.32 Å². The van der Waals surface area contributed by atoms with Gasteiger partial charge in [-0.2, -0.15) is 0 Å². The Morgan fingerprint density at radius 1 is 1.54 bits per heavy atom. The van der Waals surface area contributed by atoms with Crippen molar-refractivity contribution in [2.45, 2.75) is 36.3 Å². The topological polar surface area (TPSA) is 84.3 Å². The van der Waals surface area contributed by atoms with Gasteiger partial charge >= 0.3 is 0 Å². The van der Waals surface area contributed by atoms with E-state index < -0.39 is 0 Å². The molecule has 24 heavy (non-hydrogen) atoms. The number of nitrogens with one attached hydrogen (secondary N) is 2. The molecule has 0 spiro atoms. The van der Waals surface area contributed by atoms with Crippen molar-refractivity contribution in [2.75, 3.05) is 13.2 Å². The molecule has 0 bridgehead atoms.